The van der Waals surface area contributed by atoms with E-state index in [1.165, 1.54) is 12.1 Å². The highest BCUT2D eigenvalue weighted by Crippen LogP contribution is 2.30. The van der Waals surface area contributed by atoms with E-state index in [9.17, 15) is 13.2 Å². The molecule has 1 aliphatic rings. The molecule has 1 atom stereocenters. The zero-order valence-electron chi connectivity index (χ0n) is 12.4. The minimum Gasteiger partial charge on any atom is -0.369 e. The second-order valence-corrected chi connectivity index (χ2v) is 5.53. The van der Waals surface area contributed by atoms with Crippen LogP contribution in [0.5, 0.6) is 0 Å². The van der Waals surface area contributed by atoms with Gasteiger partial charge >= 0.3 is 6.18 Å². The lowest BCUT2D eigenvalue weighted by molar-refractivity contribution is -0.137. The second kappa shape index (κ2) is 6.68. The predicted octanol–water partition coefficient (Wildman–Crippen LogP) is 3.35. The zero-order chi connectivity index (χ0) is 16.3. The summed E-state index contributed by atoms with van der Waals surface area (Å²) >= 11 is 0. The maximum atomic E-state index is 12.7. The summed E-state index contributed by atoms with van der Waals surface area (Å²) in [5.41, 5.74) is 1.70. The maximum absolute atomic E-state index is 12.7. The number of alkyl halides is 3. The summed E-state index contributed by atoms with van der Waals surface area (Å²) in [5.74, 6) is 0. The average molecular weight is 322 g/mol. The lowest BCUT2D eigenvalue weighted by Crippen LogP contribution is -2.33. The Labute approximate surface area is 132 Å². The number of benzene rings is 1. The predicted molar refractivity (Wildman–Crippen MR) is 80.0 cm³/mol. The van der Waals surface area contributed by atoms with Crippen LogP contribution in [0.1, 0.15) is 28.5 Å². The standard InChI is InChI=1S/C17H17F3N2O/c18-17(19,20)14-3-1-2-12(9-14)8-13-4-5-15(22-10-13)16-11-21-6-7-23-16/h1-5,9-10,16,21H,6-8,11H2/t16-/m1/s1. The fourth-order valence-corrected chi connectivity index (χ4v) is 2.58. The number of ether oxygens (including phenoxy) is 1. The molecule has 0 aliphatic carbocycles. The van der Waals surface area contributed by atoms with E-state index >= 15 is 0 Å². The summed E-state index contributed by atoms with van der Waals surface area (Å²) in [7, 11) is 0. The minimum atomic E-state index is -4.32. The van der Waals surface area contributed by atoms with Gasteiger partial charge in [-0.15, -0.1) is 0 Å². The third kappa shape index (κ3) is 4.09. The molecule has 1 fully saturated rings. The van der Waals surface area contributed by atoms with Crippen LogP contribution < -0.4 is 5.32 Å². The van der Waals surface area contributed by atoms with Crippen molar-refractivity contribution in [2.24, 2.45) is 0 Å². The van der Waals surface area contributed by atoms with Crippen molar-refractivity contribution in [1.29, 1.82) is 0 Å². The van der Waals surface area contributed by atoms with Gasteiger partial charge in [-0.3, -0.25) is 4.98 Å². The molecule has 2 heterocycles. The molecule has 122 valence electrons. The molecular weight excluding hydrogens is 305 g/mol. The van der Waals surface area contributed by atoms with Gasteiger partial charge in [-0.1, -0.05) is 24.3 Å². The van der Waals surface area contributed by atoms with Crippen LogP contribution in [0.25, 0.3) is 0 Å². The third-order valence-corrected chi connectivity index (χ3v) is 3.77. The van der Waals surface area contributed by atoms with Crippen molar-refractivity contribution < 1.29 is 17.9 Å². The summed E-state index contributed by atoms with van der Waals surface area (Å²) in [6.45, 7) is 2.21. The molecule has 1 N–H and O–H groups in total. The molecule has 6 heteroatoms. The molecule has 1 aromatic heterocycles. The first kappa shape index (κ1) is 16.0. The first-order valence-electron chi connectivity index (χ1n) is 7.45. The molecule has 0 bridgehead atoms. The molecule has 0 spiro atoms. The third-order valence-electron chi connectivity index (χ3n) is 3.77. The summed E-state index contributed by atoms with van der Waals surface area (Å²) in [6.07, 6.45) is -2.26. The van der Waals surface area contributed by atoms with E-state index in [0.717, 1.165) is 30.4 Å². The van der Waals surface area contributed by atoms with Crippen molar-refractivity contribution in [3.05, 3.63) is 65.0 Å². The molecule has 0 saturated carbocycles. The highest BCUT2D eigenvalue weighted by molar-refractivity contribution is 5.30. The van der Waals surface area contributed by atoms with Crippen LogP contribution in [-0.4, -0.2) is 24.7 Å². The van der Waals surface area contributed by atoms with Gasteiger partial charge in [0, 0.05) is 19.3 Å². The SMILES string of the molecule is FC(F)(F)c1cccc(Cc2ccc([C@H]3CNCCO3)nc2)c1. The van der Waals surface area contributed by atoms with E-state index in [1.54, 1.807) is 12.3 Å². The number of hydrogen-bond acceptors (Lipinski definition) is 3. The molecule has 3 rings (SSSR count). The minimum absolute atomic E-state index is 0.0636. The number of nitrogens with zero attached hydrogens (tertiary/aromatic N) is 1. The first-order chi connectivity index (χ1) is 11.0. The molecular formula is C17H17F3N2O. The molecule has 1 saturated heterocycles. The Morgan fingerprint density at radius 1 is 1.17 bits per heavy atom. The van der Waals surface area contributed by atoms with Gasteiger partial charge < -0.3 is 10.1 Å². The molecule has 0 amide bonds. The van der Waals surface area contributed by atoms with Crippen LogP contribution in [0.3, 0.4) is 0 Å². The number of hydrogen-bond donors (Lipinski definition) is 1. The van der Waals surface area contributed by atoms with Crippen molar-refractivity contribution in [2.45, 2.75) is 18.7 Å². The Kier molecular flexibility index (Phi) is 4.63. The number of halogens is 3. The van der Waals surface area contributed by atoms with E-state index in [2.05, 4.69) is 10.3 Å². The number of nitrogens with one attached hydrogen (secondary N) is 1. The largest absolute Gasteiger partial charge is 0.416 e. The van der Waals surface area contributed by atoms with Crippen molar-refractivity contribution in [2.75, 3.05) is 19.7 Å². The highest BCUT2D eigenvalue weighted by Gasteiger charge is 2.30. The lowest BCUT2D eigenvalue weighted by atomic mass is 10.0. The average Bonchev–Trinajstić information content (AvgIpc) is 2.56. The maximum Gasteiger partial charge on any atom is 0.416 e. The van der Waals surface area contributed by atoms with E-state index in [-0.39, 0.29) is 6.10 Å². The monoisotopic (exact) mass is 322 g/mol. The van der Waals surface area contributed by atoms with Crippen molar-refractivity contribution in [3.63, 3.8) is 0 Å². The normalized spacial score (nSPS) is 18.8. The van der Waals surface area contributed by atoms with E-state index in [4.69, 9.17) is 4.74 Å². The Morgan fingerprint density at radius 3 is 2.70 bits per heavy atom. The Morgan fingerprint density at radius 2 is 2.04 bits per heavy atom. The summed E-state index contributed by atoms with van der Waals surface area (Å²) in [4.78, 5) is 4.38. The molecule has 0 radical (unpaired) electrons. The van der Waals surface area contributed by atoms with Gasteiger partial charge in [0.15, 0.2) is 0 Å². The van der Waals surface area contributed by atoms with Gasteiger partial charge in [0.05, 0.1) is 17.9 Å². The zero-order valence-corrected chi connectivity index (χ0v) is 12.4. The number of rotatable bonds is 3. The van der Waals surface area contributed by atoms with Crippen LogP contribution in [-0.2, 0) is 17.3 Å². The summed E-state index contributed by atoms with van der Waals surface area (Å²) < 4.78 is 43.8. The molecule has 1 aromatic carbocycles. The summed E-state index contributed by atoms with van der Waals surface area (Å²) in [6, 6.07) is 9.15. The molecule has 3 nitrogen and oxygen atoms in total. The van der Waals surface area contributed by atoms with Crippen LogP contribution in [0, 0.1) is 0 Å². The fraction of sp³-hybridized carbons (Fsp3) is 0.353. The second-order valence-electron chi connectivity index (χ2n) is 5.53. The van der Waals surface area contributed by atoms with Crippen molar-refractivity contribution in [1.82, 2.24) is 10.3 Å². The van der Waals surface area contributed by atoms with Crippen molar-refractivity contribution in [3.8, 4) is 0 Å². The molecule has 2 aromatic rings. The van der Waals surface area contributed by atoms with Gasteiger partial charge in [0.1, 0.15) is 6.10 Å². The van der Waals surface area contributed by atoms with Crippen LogP contribution in [0.2, 0.25) is 0 Å². The molecule has 0 unspecified atom stereocenters. The van der Waals surface area contributed by atoms with Crippen LogP contribution >= 0.6 is 0 Å². The Bertz CT molecular complexity index is 650. The van der Waals surface area contributed by atoms with Gasteiger partial charge in [-0.05, 0) is 29.7 Å². The topological polar surface area (TPSA) is 34.1 Å². The van der Waals surface area contributed by atoms with Crippen LogP contribution in [0.15, 0.2) is 42.6 Å². The molecule has 1 aliphatic heterocycles. The van der Waals surface area contributed by atoms with Crippen LogP contribution in [0.4, 0.5) is 13.2 Å². The van der Waals surface area contributed by atoms with Gasteiger partial charge in [-0.2, -0.15) is 13.2 Å². The first-order valence-corrected chi connectivity index (χ1v) is 7.45. The number of pyridine rings is 1. The van der Waals surface area contributed by atoms with E-state index in [0.29, 0.717) is 18.6 Å². The van der Waals surface area contributed by atoms with Gasteiger partial charge in [-0.25, -0.2) is 0 Å². The van der Waals surface area contributed by atoms with E-state index in [1.807, 2.05) is 12.1 Å². The van der Waals surface area contributed by atoms with Gasteiger partial charge in [0.2, 0.25) is 0 Å². The Balaban J connectivity index is 1.71. The quantitative estimate of drug-likeness (QED) is 0.941. The van der Waals surface area contributed by atoms with Gasteiger partial charge in [0.25, 0.3) is 0 Å². The van der Waals surface area contributed by atoms with Crippen molar-refractivity contribution >= 4 is 0 Å². The number of aromatic nitrogens is 1. The van der Waals surface area contributed by atoms with E-state index < -0.39 is 11.7 Å². The molecule has 23 heavy (non-hydrogen) atoms. The summed E-state index contributed by atoms with van der Waals surface area (Å²) in [5, 5.41) is 3.24. The highest BCUT2D eigenvalue weighted by atomic mass is 19.4. The fourth-order valence-electron chi connectivity index (χ4n) is 2.58. The lowest BCUT2D eigenvalue weighted by Gasteiger charge is -2.23. The Hall–Kier alpha value is -1.92. The smallest absolute Gasteiger partial charge is 0.369 e. The number of morpholine rings is 1.